The number of sulfonamides is 1. The topological polar surface area (TPSA) is 83.6 Å². The van der Waals surface area contributed by atoms with Crippen LogP contribution in [0.25, 0.3) is 0 Å². The summed E-state index contributed by atoms with van der Waals surface area (Å²) >= 11 is 0. The van der Waals surface area contributed by atoms with E-state index in [9.17, 15) is 22.3 Å². The number of hydrogen-bond donors (Lipinski definition) is 2. The van der Waals surface area contributed by atoms with E-state index in [2.05, 4.69) is 0 Å². The molecule has 1 aliphatic rings. The highest BCUT2D eigenvalue weighted by Gasteiger charge is 2.36. The molecule has 112 valence electrons. The van der Waals surface area contributed by atoms with Gasteiger partial charge in [0, 0.05) is 19.2 Å². The molecule has 0 spiro atoms. The normalized spacial score (nSPS) is 22.1. The molecule has 1 saturated heterocycles. The Morgan fingerprint density at radius 1 is 1.40 bits per heavy atom. The number of benzene rings is 1. The second-order valence-electron chi connectivity index (χ2n) is 4.96. The Morgan fingerprint density at radius 2 is 2.05 bits per heavy atom. The van der Waals surface area contributed by atoms with Gasteiger partial charge in [-0.25, -0.2) is 17.2 Å². The summed E-state index contributed by atoms with van der Waals surface area (Å²) in [6, 6.07) is 1.25. The van der Waals surface area contributed by atoms with Crippen LogP contribution >= 0.6 is 0 Å². The molecule has 0 aromatic heterocycles. The van der Waals surface area contributed by atoms with Gasteiger partial charge in [0.1, 0.15) is 16.5 Å². The van der Waals surface area contributed by atoms with E-state index in [1.807, 2.05) is 0 Å². The Kier molecular flexibility index (Phi) is 3.99. The number of aliphatic hydroxyl groups excluding tert-OH is 1. The summed E-state index contributed by atoms with van der Waals surface area (Å²) < 4.78 is 52.5. The molecule has 5 nitrogen and oxygen atoms in total. The highest BCUT2D eigenvalue weighted by atomic mass is 32.2. The van der Waals surface area contributed by atoms with Gasteiger partial charge in [-0.15, -0.1) is 0 Å². The highest BCUT2D eigenvalue weighted by molar-refractivity contribution is 7.89. The van der Waals surface area contributed by atoms with Crippen molar-refractivity contribution in [3.63, 3.8) is 0 Å². The van der Waals surface area contributed by atoms with E-state index in [-0.39, 0.29) is 19.0 Å². The van der Waals surface area contributed by atoms with Crippen molar-refractivity contribution in [3.8, 4) is 0 Å². The first-order chi connectivity index (χ1) is 9.23. The Hall–Kier alpha value is -1.25. The molecular weight excluding hydrogens is 290 g/mol. The largest absolute Gasteiger partial charge is 0.396 e. The molecule has 1 aromatic carbocycles. The summed E-state index contributed by atoms with van der Waals surface area (Å²) in [6.07, 6.45) is -0.145. The second kappa shape index (κ2) is 5.27. The van der Waals surface area contributed by atoms with Crippen molar-refractivity contribution in [2.75, 3.05) is 18.8 Å². The number of nitrogen functional groups attached to an aromatic ring is 1. The Morgan fingerprint density at radius 3 is 2.60 bits per heavy atom. The molecule has 8 heteroatoms. The van der Waals surface area contributed by atoms with E-state index >= 15 is 0 Å². The molecule has 3 N–H and O–H groups in total. The van der Waals surface area contributed by atoms with Gasteiger partial charge in [0.25, 0.3) is 0 Å². The zero-order valence-electron chi connectivity index (χ0n) is 10.9. The molecule has 1 aliphatic heterocycles. The fraction of sp³-hybridized carbons (Fsp3) is 0.500. The minimum Gasteiger partial charge on any atom is -0.396 e. The van der Waals surface area contributed by atoms with Crippen molar-refractivity contribution in [2.45, 2.75) is 24.3 Å². The summed E-state index contributed by atoms with van der Waals surface area (Å²) in [4.78, 5) is -0.636. The van der Waals surface area contributed by atoms with Gasteiger partial charge in [-0.05, 0) is 25.3 Å². The molecule has 2 unspecified atom stereocenters. The lowest BCUT2D eigenvalue weighted by Gasteiger charge is -2.18. The molecular formula is C12H16F2N2O3S. The van der Waals surface area contributed by atoms with Crippen LogP contribution in [0, 0.1) is 17.6 Å². The molecule has 1 fully saturated rings. The van der Waals surface area contributed by atoms with Crippen molar-refractivity contribution >= 4 is 15.7 Å². The van der Waals surface area contributed by atoms with Gasteiger partial charge in [0.2, 0.25) is 10.0 Å². The number of aliphatic hydroxyl groups is 1. The Bertz CT molecular complexity index is 619. The predicted molar refractivity (Wildman–Crippen MR) is 69.3 cm³/mol. The van der Waals surface area contributed by atoms with Gasteiger partial charge in [-0.2, -0.15) is 4.31 Å². The molecule has 0 amide bonds. The summed E-state index contributed by atoms with van der Waals surface area (Å²) in [5.41, 5.74) is 4.88. The van der Waals surface area contributed by atoms with Gasteiger partial charge in [0.15, 0.2) is 0 Å². The van der Waals surface area contributed by atoms with Crippen LogP contribution in [0.2, 0.25) is 0 Å². The van der Waals surface area contributed by atoms with Crippen LogP contribution in [-0.2, 0) is 10.0 Å². The maximum atomic E-state index is 13.7. The lowest BCUT2D eigenvalue weighted by atomic mass is 10.0. The van der Waals surface area contributed by atoms with Crippen molar-refractivity contribution in [3.05, 3.63) is 23.8 Å². The number of nitrogens with zero attached hydrogens (tertiary/aromatic N) is 1. The van der Waals surface area contributed by atoms with E-state index in [0.29, 0.717) is 12.5 Å². The molecule has 2 rings (SSSR count). The van der Waals surface area contributed by atoms with E-state index in [1.165, 1.54) is 0 Å². The van der Waals surface area contributed by atoms with Crippen molar-refractivity contribution in [2.24, 2.45) is 5.92 Å². The fourth-order valence-electron chi connectivity index (χ4n) is 2.25. The third-order valence-electron chi connectivity index (χ3n) is 3.54. The van der Waals surface area contributed by atoms with Crippen LogP contribution in [0.4, 0.5) is 14.5 Å². The minimum absolute atomic E-state index is 0.108. The molecule has 0 bridgehead atoms. The molecule has 20 heavy (non-hydrogen) atoms. The average molecular weight is 306 g/mol. The van der Waals surface area contributed by atoms with Crippen LogP contribution < -0.4 is 5.73 Å². The maximum Gasteiger partial charge on any atom is 0.246 e. The maximum absolute atomic E-state index is 13.7. The van der Waals surface area contributed by atoms with Crippen molar-refractivity contribution in [1.29, 1.82) is 0 Å². The summed E-state index contributed by atoms with van der Waals surface area (Å²) in [5, 5.41) is 9.48. The van der Waals surface area contributed by atoms with Gasteiger partial charge in [-0.3, -0.25) is 0 Å². The SMILES string of the molecule is CC(O)C1CCN(S(=O)(=O)c2cc(N)c(F)cc2F)C1. The monoisotopic (exact) mass is 306 g/mol. The fourth-order valence-corrected chi connectivity index (χ4v) is 3.84. The quantitative estimate of drug-likeness (QED) is 0.814. The first kappa shape index (κ1) is 15.1. The van der Waals surface area contributed by atoms with Crippen LogP contribution in [0.1, 0.15) is 13.3 Å². The minimum atomic E-state index is -4.07. The third-order valence-corrected chi connectivity index (χ3v) is 5.42. The van der Waals surface area contributed by atoms with Crippen molar-refractivity contribution in [1.82, 2.24) is 4.31 Å². The van der Waals surface area contributed by atoms with Crippen LogP contribution in [0.5, 0.6) is 0 Å². The van der Waals surface area contributed by atoms with Crippen molar-refractivity contribution < 1.29 is 22.3 Å². The molecule has 2 atom stereocenters. The first-order valence-electron chi connectivity index (χ1n) is 6.16. The van der Waals surface area contributed by atoms with Crippen LogP contribution in [0.15, 0.2) is 17.0 Å². The van der Waals surface area contributed by atoms with Gasteiger partial charge >= 0.3 is 0 Å². The summed E-state index contributed by atoms with van der Waals surface area (Å²) in [7, 11) is -4.07. The molecule has 0 aliphatic carbocycles. The van der Waals surface area contributed by atoms with Gasteiger partial charge in [-0.1, -0.05) is 0 Å². The van der Waals surface area contributed by atoms with E-state index < -0.39 is 38.3 Å². The van der Waals surface area contributed by atoms with E-state index in [0.717, 1.165) is 10.4 Å². The number of hydrogen-bond acceptors (Lipinski definition) is 4. The Labute approximate surface area is 116 Å². The zero-order chi connectivity index (χ0) is 15.1. The number of halogens is 2. The van der Waals surface area contributed by atoms with E-state index in [4.69, 9.17) is 5.73 Å². The molecule has 1 heterocycles. The molecule has 0 saturated carbocycles. The number of anilines is 1. The smallest absolute Gasteiger partial charge is 0.246 e. The summed E-state index contributed by atoms with van der Waals surface area (Å²) in [6.45, 7) is 1.88. The van der Waals surface area contributed by atoms with Gasteiger partial charge < -0.3 is 10.8 Å². The third kappa shape index (κ3) is 2.63. The number of rotatable bonds is 3. The highest BCUT2D eigenvalue weighted by Crippen LogP contribution is 2.29. The second-order valence-corrected chi connectivity index (χ2v) is 6.86. The standard InChI is InChI=1S/C12H16F2N2O3S/c1-7(17)8-2-3-16(6-8)20(18,19)12-5-11(15)9(13)4-10(12)14/h4-5,7-8,17H,2-3,6,15H2,1H3. The lowest BCUT2D eigenvalue weighted by molar-refractivity contribution is 0.133. The first-order valence-corrected chi connectivity index (χ1v) is 7.60. The lowest BCUT2D eigenvalue weighted by Crippen LogP contribution is -2.31. The Balaban J connectivity index is 2.35. The summed E-state index contributed by atoms with van der Waals surface area (Å²) in [5.74, 6) is -2.35. The van der Waals surface area contributed by atoms with Gasteiger partial charge in [0.05, 0.1) is 11.8 Å². The molecule has 0 radical (unpaired) electrons. The molecule has 1 aromatic rings. The predicted octanol–water partition coefficient (Wildman–Crippen LogP) is 0.938. The number of nitrogens with two attached hydrogens (primary N) is 1. The zero-order valence-corrected chi connectivity index (χ0v) is 11.7. The average Bonchev–Trinajstić information content (AvgIpc) is 2.83. The van der Waals surface area contributed by atoms with E-state index in [1.54, 1.807) is 6.92 Å². The van der Waals surface area contributed by atoms with Crippen LogP contribution in [-0.4, -0.2) is 37.0 Å². The van der Waals surface area contributed by atoms with Crippen LogP contribution in [0.3, 0.4) is 0 Å².